The van der Waals surface area contributed by atoms with Crippen LogP contribution >= 0.6 is 0 Å². The molecule has 6 nitrogen and oxygen atoms in total. The van der Waals surface area contributed by atoms with Gasteiger partial charge in [-0.15, -0.1) is 0 Å². The van der Waals surface area contributed by atoms with Gasteiger partial charge in [-0.05, 0) is 18.1 Å². The number of hydrogen-bond donors (Lipinski definition) is 1. The molecule has 0 aliphatic carbocycles. The standard InChI is InChI=1S/C13H16O6/c1-13(8-17-19-18-9-13)12(15)16-7-11-4-2-10(6-14)3-5-11/h2-5,14H,6-9H2,1H3. The maximum atomic E-state index is 11.9. The predicted octanol–water partition coefficient (Wildman–Crippen LogP) is 1.12. The quantitative estimate of drug-likeness (QED) is 0.651. The molecule has 1 aliphatic heterocycles. The minimum Gasteiger partial charge on any atom is -0.460 e. The molecule has 1 N–H and O–H groups in total. The van der Waals surface area contributed by atoms with E-state index in [0.717, 1.165) is 11.1 Å². The summed E-state index contributed by atoms with van der Waals surface area (Å²) in [4.78, 5) is 21.2. The summed E-state index contributed by atoms with van der Waals surface area (Å²) in [5.74, 6) is -0.401. The van der Waals surface area contributed by atoms with Crippen molar-refractivity contribution in [3.8, 4) is 0 Å². The number of carbonyl (C=O) groups excluding carboxylic acids is 1. The van der Waals surface area contributed by atoms with Crippen molar-refractivity contribution < 1.29 is 29.5 Å². The normalized spacial score (nSPS) is 18.0. The molecule has 0 unspecified atom stereocenters. The Kier molecular flexibility index (Phi) is 4.49. The van der Waals surface area contributed by atoms with E-state index in [2.05, 4.69) is 14.8 Å². The fourth-order valence-corrected chi connectivity index (χ4v) is 1.57. The van der Waals surface area contributed by atoms with Crippen molar-refractivity contribution in [2.24, 2.45) is 5.41 Å². The Hall–Kier alpha value is -1.47. The lowest BCUT2D eigenvalue weighted by Crippen LogP contribution is -2.42. The number of ether oxygens (including phenoxy) is 1. The second kappa shape index (κ2) is 6.12. The third-order valence-corrected chi connectivity index (χ3v) is 2.92. The summed E-state index contributed by atoms with van der Waals surface area (Å²) in [5, 5.41) is 13.2. The minimum absolute atomic E-state index is 0.00713. The van der Waals surface area contributed by atoms with Gasteiger partial charge in [-0.3, -0.25) is 4.79 Å². The second-order valence-electron chi connectivity index (χ2n) is 4.70. The van der Waals surface area contributed by atoms with Crippen molar-refractivity contribution in [3.63, 3.8) is 0 Å². The molecule has 1 aromatic carbocycles. The molecule has 1 fully saturated rings. The van der Waals surface area contributed by atoms with Crippen LogP contribution in [0.3, 0.4) is 0 Å². The van der Waals surface area contributed by atoms with Gasteiger partial charge < -0.3 is 9.84 Å². The van der Waals surface area contributed by atoms with Crippen LogP contribution in [0.5, 0.6) is 0 Å². The summed E-state index contributed by atoms with van der Waals surface area (Å²) in [5.41, 5.74) is 0.805. The van der Waals surface area contributed by atoms with Crippen molar-refractivity contribution in [3.05, 3.63) is 35.4 Å². The van der Waals surface area contributed by atoms with Crippen LogP contribution in [0.15, 0.2) is 24.3 Å². The zero-order valence-electron chi connectivity index (χ0n) is 10.6. The molecular weight excluding hydrogens is 252 g/mol. The van der Waals surface area contributed by atoms with Gasteiger partial charge in [-0.25, -0.2) is 9.78 Å². The van der Waals surface area contributed by atoms with Crippen LogP contribution in [0.4, 0.5) is 0 Å². The van der Waals surface area contributed by atoms with Gasteiger partial charge in [0.05, 0.1) is 6.61 Å². The van der Waals surface area contributed by atoms with E-state index in [1.54, 1.807) is 31.2 Å². The molecule has 0 spiro atoms. The average molecular weight is 268 g/mol. The van der Waals surface area contributed by atoms with Crippen molar-refractivity contribution in [2.45, 2.75) is 20.1 Å². The minimum atomic E-state index is -0.858. The molecule has 2 rings (SSSR count). The highest BCUT2D eigenvalue weighted by molar-refractivity contribution is 5.76. The van der Waals surface area contributed by atoms with Crippen LogP contribution in [0, 0.1) is 5.41 Å². The van der Waals surface area contributed by atoms with Crippen LogP contribution in [-0.4, -0.2) is 24.3 Å². The number of aliphatic hydroxyl groups is 1. The van der Waals surface area contributed by atoms with Gasteiger partial charge in [0, 0.05) is 0 Å². The number of hydrogen-bond acceptors (Lipinski definition) is 6. The first kappa shape index (κ1) is 14.0. The van der Waals surface area contributed by atoms with Gasteiger partial charge in [-0.2, -0.15) is 0 Å². The smallest absolute Gasteiger partial charge is 0.317 e. The third-order valence-electron chi connectivity index (χ3n) is 2.92. The molecule has 0 aromatic heterocycles. The molecule has 0 saturated carbocycles. The number of rotatable bonds is 4. The van der Waals surface area contributed by atoms with E-state index in [-0.39, 0.29) is 26.4 Å². The molecule has 0 atom stereocenters. The van der Waals surface area contributed by atoms with E-state index in [9.17, 15) is 4.79 Å². The van der Waals surface area contributed by atoms with Crippen LogP contribution in [-0.2, 0) is 37.6 Å². The molecular formula is C13H16O6. The molecule has 1 aliphatic rings. The fraction of sp³-hybridized carbons (Fsp3) is 0.462. The van der Waals surface area contributed by atoms with E-state index in [1.807, 2.05) is 0 Å². The van der Waals surface area contributed by atoms with Gasteiger partial charge >= 0.3 is 5.97 Å². The lowest BCUT2D eigenvalue weighted by atomic mass is 9.93. The zero-order valence-corrected chi connectivity index (χ0v) is 10.6. The Morgan fingerprint density at radius 3 is 2.42 bits per heavy atom. The number of aliphatic hydroxyl groups excluding tert-OH is 1. The Bertz CT molecular complexity index is 421. The summed E-state index contributed by atoms with van der Waals surface area (Å²) in [6.07, 6.45) is 0. The van der Waals surface area contributed by atoms with Crippen LogP contribution < -0.4 is 0 Å². The third kappa shape index (κ3) is 3.51. The van der Waals surface area contributed by atoms with E-state index < -0.39 is 11.4 Å². The molecule has 0 amide bonds. The van der Waals surface area contributed by atoms with Gasteiger partial charge in [0.2, 0.25) is 0 Å². The van der Waals surface area contributed by atoms with Crippen molar-refractivity contribution in [1.82, 2.24) is 0 Å². The topological polar surface area (TPSA) is 74.2 Å². The highest BCUT2D eigenvalue weighted by atomic mass is 17.5. The van der Waals surface area contributed by atoms with E-state index in [4.69, 9.17) is 9.84 Å². The highest BCUT2D eigenvalue weighted by Gasteiger charge is 2.39. The van der Waals surface area contributed by atoms with Crippen LogP contribution in [0.25, 0.3) is 0 Å². The van der Waals surface area contributed by atoms with Crippen molar-refractivity contribution >= 4 is 5.97 Å². The largest absolute Gasteiger partial charge is 0.460 e. The monoisotopic (exact) mass is 268 g/mol. The molecule has 1 heterocycles. The van der Waals surface area contributed by atoms with Gasteiger partial charge in [0.1, 0.15) is 25.2 Å². The number of esters is 1. The van der Waals surface area contributed by atoms with E-state index in [0.29, 0.717) is 0 Å². The maximum absolute atomic E-state index is 11.9. The summed E-state index contributed by atoms with van der Waals surface area (Å²) in [6, 6.07) is 7.17. The highest BCUT2D eigenvalue weighted by Crippen LogP contribution is 2.24. The van der Waals surface area contributed by atoms with Gasteiger partial charge in [0.25, 0.3) is 0 Å². The van der Waals surface area contributed by atoms with Crippen molar-refractivity contribution in [1.29, 1.82) is 0 Å². The molecule has 6 heteroatoms. The predicted molar refractivity (Wildman–Crippen MR) is 63.3 cm³/mol. The zero-order chi connectivity index (χ0) is 13.7. The Morgan fingerprint density at radius 2 is 1.84 bits per heavy atom. The van der Waals surface area contributed by atoms with Crippen molar-refractivity contribution in [2.75, 3.05) is 13.2 Å². The lowest BCUT2D eigenvalue weighted by Gasteiger charge is -2.28. The molecule has 0 bridgehead atoms. The molecule has 0 radical (unpaired) electrons. The molecule has 1 saturated heterocycles. The molecule has 19 heavy (non-hydrogen) atoms. The number of benzene rings is 1. The number of carbonyl (C=O) groups is 1. The maximum Gasteiger partial charge on any atom is 0.317 e. The lowest BCUT2D eigenvalue weighted by molar-refractivity contribution is -0.546. The average Bonchev–Trinajstić information content (AvgIpc) is 2.46. The van der Waals surface area contributed by atoms with E-state index in [1.165, 1.54) is 0 Å². The second-order valence-corrected chi connectivity index (χ2v) is 4.70. The molecule has 1 aromatic rings. The van der Waals surface area contributed by atoms with Gasteiger partial charge in [-0.1, -0.05) is 29.3 Å². The summed E-state index contributed by atoms with van der Waals surface area (Å²) >= 11 is 0. The van der Waals surface area contributed by atoms with Crippen LogP contribution in [0.1, 0.15) is 18.1 Å². The molecule has 104 valence electrons. The van der Waals surface area contributed by atoms with Gasteiger partial charge in [0.15, 0.2) is 0 Å². The Labute approximate surface area is 110 Å². The SMILES string of the molecule is CC1(C(=O)OCc2ccc(CO)cc2)COOOC1. The summed E-state index contributed by atoms with van der Waals surface area (Å²) in [7, 11) is 0. The summed E-state index contributed by atoms with van der Waals surface area (Å²) in [6.45, 7) is 2.03. The Balaban J connectivity index is 1.88. The first-order chi connectivity index (χ1) is 9.14. The van der Waals surface area contributed by atoms with E-state index >= 15 is 0 Å². The first-order valence-electron chi connectivity index (χ1n) is 5.91. The first-order valence-corrected chi connectivity index (χ1v) is 5.91. The van der Waals surface area contributed by atoms with Crippen LogP contribution in [0.2, 0.25) is 0 Å². The Morgan fingerprint density at radius 1 is 1.26 bits per heavy atom. The fourth-order valence-electron chi connectivity index (χ4n) is 1.57. The summed E-state index contributed by atoms with van der Waals surface area (Å²) < 4.78 is 5.23.